The van der Waals surface area contributed by atoms with Gasteiger partial charge in [0.1, 0.15) is 36.3 Å². The summed E-state index contributed by atoms with van der Waals surface area (Å²) in [6, 6.07) is 0. The van der Waals surface area contributed by atoms with Gasteiger partial charge in [0, 0.05) is 51.6 Å². The van der Waals surface area contributed by atoms with Crippen molar-refractivity contribution in [3.63, 3.8) is 0 Å². The van der Waals surface area contributed by atoms with Crippen LogP contribution >= 0.6 is 0 Å². The van der Waals surface area contributed by atoms with Gasteiger partial charge in [0.05, 0.1) is 73.8 Å². The van der Waals surface area contributed by atoms with E-state index in [-0.39, 0.29) is 125 Å². The van der Waals surface area contributed by atoms with Gasteiger partial charge in [0.15, 0.2) is 22.4 Å². The molecule has 1 spiro atoms. The molecule has 0 N–H and O–H groups in total. The van der Waals surface area contributed by atoms with Gasteiger partial charge in [-0.15, -0.1) is 0 Å². The third-order valence-corrected chi connectivity index (χ3v) is 27.4. The average molecular weight is 959 g/mol. The lowest BCUT2D eigenvalue weighted by atomic mass is 9.81. The molecule has 10 aliphatic rings. The third kappa shape index (κ3) is 9.87. The highest BCUT2D eigenvalue weighted by Crippen LogP contribution is 2.55. The van der Waals surface area contributed by atoms with Crippen molar-refractivity contribution in [2.75, 3.05) is 13.7 Å². The van der Waals surface area contributed by atoms with E-state index in [0.717, 1.165) is 56.1 Å². The highest BCUT2D eigenvalue weighted by molar-refractivity contribution is 6.74. The van der Waals surface area contributed by atoms with Gasteiger partial charge < -0.3 is 51.5 Å². The first-order chi connectivity index (χ1) is 30.9. The molecule has 10 fully saturated rings. The van der Waals surface area contributed by atoms with Crippen LogP contribution in [0.15, 0.2) is 24.3 Å². The number of carbonyl (C=O) groups excluding carboxylic acids is 1. The van der Waals surface area contributed by atoms with E-state index in [1.165, 1.54) is 0 Å². The fourth-order valence-corrected chi connectivity index (χ4v) is 14.8. The van der Waals surface area contributed by atoms with Gasteiger partial charge in [-0.2, -0.15) is 0 Å². The van der Waals surface area contributed by atoms with Crippen LogP contribution in [0.4, 0.5) is 0 Å². The number of carbonyl (C=O) groups is 1. The van der Waals surface area contributed by atoms with Crippen molar-refractivity contribution < 1.29 is 56.3 Å². The van der Waals surface area contributed by atoms with Crippen LogP contribution in [0.25, 0.3) is 0 Å². The number of methoxy groups -OCH3 is 1. The molecule has 12 bridgehead atoms. The maximum Gasteiger partial charge on any atom is 0.192 e. The van der Waals surface area contributed by atoms with Crippen molar-refractivity contribution in [2.45, 2.75) is 272 Å². The number of Topliss-reactive ketones (excluding diaryl/α,β-unsaturated/α-hetero) is 1. The van der Waals surface area contributed by atoms with E-state index in [2.05, 4.69) is 87.8 Å². The molecule has 0 aromatic heterocycles. The minimum atomic E-state index is -2.22. The number of ether oxygens (including phenoxy) is 9. The number of hydrogen-bond acceptors (Lipinski definition) is 12. The number of rotatable bonds is 8. The van der Waals surface area contributed by atoms with Gasteiger partial charge in [0.2, 0.25) is 0 Å². The van der Waals surface area contributed by atoms with Crippen molar-refractivity contribution in [1.82, 2.24) is 0 Å². The molecule has 12 nitrogen and oxygen atoms in total. The Morgan fingerprint density at radius 3 is 2.09 bits per heavy atom. The zero-order valence-electron chi connectivity index (χ0n) is 42.6. The van der Waals surface area contributed by atoms with Crippen LogP contribution in [0, 0.1) is 11.8 Å². The fraction of sp³-hybridized carbons (Fsp3) is 0.904. The van der Waals surface area contributed by atoms with E-state index in [4.69, 9.17) is 51.5 Å². The summed E-state index contributed by atoms with van der Waals surface area (Å²) in [5.41, 5.74) is 2.25. The van der Waals surface area contributed by atoms with E-state index < -0.39 is 22.4 Å². The summed E-state index contributed by atoms with van der Waals surface area (Å²) < 4.78 is 76.0. The molecule has 10 saturated heterocycles. The van der Waals surface area contributed by atoms with Gasteiger partial charge in [-0.1, -0.05) is 61.6 Å². The Morgan fingerprint density at radius 2 is 1.36 bits per heavy atom. The lowest BCUT2D eigenvalue weighted by molar-refractivity contribution is -0.292. The summed E-state index contributed by atoms with van der Waals surface area (Å²) >= 11 is 0. The quantitative estimate of drug-likeness (QED) is 0.170. The molecule has 0 amide bonds. The minimum Gasteiger partial charge on any atom is -0.414 e. The molecule has 0 saturated carbocycles. The fourth-order valence-electron chi connectivity index (χ4n) is 12.4. The molecule has 0 aliphatic carbocycles. The SMILES string of the molecule is C=C1C(C)CC2CC[C@@H]3OC(CC[C@@]45CC6OC7C(O4)[C@H]4OC(CCC4O[C@H]7C6O5)CC(=O)CC4C(CC1O2)O[C@H](CC(CO[Si](C)(C)C(C)(C)C)O[Si](C)(C)C(C)(C)C)[C@@H]4OC)CC3=C. The molecular formula is C52H86O12Si2. The number of ketones is 1. The van der Waals surface area contributed by atoms with Crippen molar-refractivity contribution in [2.24, 2.45) is 11.8 Å². The van der Waals surface area contributed by atoms with Crippen LogP contribution in [-0.4, -0.2) is 140 Å². The van der Waals surface area contributed by atoms with E-state index >= 15 is 0 Å². The predicted octanol–water partition coefficient (Wildman–Crippen LogP) is 9.53. The number of fused-ring (bicyclic) bond motifs is 6. The molecular weight excluding hydrogens is 873 g/mol. The zero-order valence-corrected chi connectivity index (χ0v) is 44.6. The molecule has 10 heterocycles. The van der Waals surface area contributed by atoms with Crippen LogP contribution in [0.2, 0.25) is 36.3 Å². The lowest BCUT2D eigenvalue weighted by Crippen LogP contribution is -2.61. The number of hydrogen-bond donors (Lipinski definition) is 0. The van der Waals surface area contributed by atoms with Crippen LogP contribution in [0.1, 0.15) is 132 Å². The first-order valence-corrected chi connectivity index (χ1v) is 31.8. The Labute approximate surface area is 398 Å². The summed E-state index contributed by atoms with van der Waals surface area (Å²) in [5, 5.41) is 0.0634. The summed E-state index contributed by atoms with van der Waals surface area (Å²) in [6.45, 7) is 34.8. The van der Waals surface area contributed by atoms with Gasteiger partial charge in [-0.3, -0.25) is 4.79 Å². The average Bonchev–Trinajstić information content (AvgIpc) is 3.90. The lowest BCUT2D eigenvalue weighted by Gasteiger charge is -2.47. The predicted molar refractivity (Wildman–Crippen MR) is 256 cm³/mol. The molecule has 10 aliphatic heterocycles. The molecule has 10 rings (SSSR count). The van der Waals surface area contributed by atoms with Gasteiger partial charge >= 0.3 is 0 Å². The summed E-state index contributed by atoms with van der Waals surface area (Å²) in [5.74, 6) is -0.554. The highest BCUT2D eigenvalue weighted by atomic mass is 28.4. The van der Waals surface area contributed by atoms with Gasteiger partial charge in [-0.05, 0) is 98.3 Å². The van der Waals surface area contributed by atoms with Crippen molar-refractivity contribution in [1.29, 1.82) is 0 Å². The standard InChI is InChI=1S/C52H86O12Si2/c1-29-21-33-15-17-38-30(2)22-35(56-38)19-20-52-27-43-46(62-52)47-48(61-43)49(63-52)45-39(60-47)18-16-34(58-45)23-32(53)24-37-41(26-40(57-33)31(29)3)59-42(44(37)54-10)25-36(64-66(13,14)51(7,8)9)28-55-65(11,12)50(4,5)6/h29,33-49H,2-3,15-28H2,1,4-14H3/t29?,33?,34?,35?,36?,37?,38-,39?,40?,41?,42+,43?,44+,45-,46?,47-,48?,49?,52-/m0/s1. The Bertz CT molecular complexity index is 1790. The Balaban J connectivity index is 0.993. The Kier molecular flexibility index (Phi) is 14.1. The topological polar surface area (TPSA) is 119 Å². The maximum absolute atomic E-state index is 14.6. The minimum absolute atomic E-state index is 0.00884. The molecule has 66 heavy (non-hydrogen) atoms. The zero-order chi connectivity index (χ0) is 47.3. The monoisotopic (exact) mass is 959 g/mol. The highest BCUT2D eigenvalue weighted by Gasteiger charge is 2.69. The largest absolute Gasteiger partial charge is 0.414 e. The second-order valence-corrected chi connectivity index (χ2v) is 34.7. The van der Waals surface area contributed by atoms with Crippen molar-refractivity contribution in [3.05, 3.63) is 24.3 Å². The first kappa shape index (κ1) is 50.1. The van der Waals surface area contributed by atoms with Crippen LogP contribution in [0.3, 0.4) is 0 Å². The second-order valence-electron chi connectivity index (χ2n) is 25.1. The molecule has 0 radical (unpaired) electrons. The van der Waals surface area contributed by atoms with E-state index in [9.17, 15) is 4.79 Å². The molecule has 374 valence electrons. The second kappa shape index (κ2) is 18.6. The molecule has 14 heteroatoms. The van der Waals surface area contributed by atoms with E-state index in [1.54, 1.807) is 7.11 Å². The Hall–Kier alpha value is -0.856. The van der Waals surface area contributed by atoms with Crippen molar-refractivity contribution in [3.8, 4) is 0 Å². The maximum atomic E-state index is 14.6. The van der Waals surface area contributed by atoms with E-state index in [0.29, 0.717) is 45.1 Å². The van der Waals surface area contributed by atoms with Crippen LogP contribution in [-0.2, 0) is 56.3 Å². The Morgan fingerprint density at radius 1 is 0.697 bits per heavy atom. The smallest absolute Gasteiger partial charge is 0.192 e. The van der Waals surface area contributed by atoms with Crippen LogP contribution < -0.4 is 0 Å². The van der Waals surface area contributed by atoms with Crippen molar-refractivity contribution >= 4 is 22.4 Å². The summed E-state index contributed by atoms with van der Waals surface area (Å²) in [7, 11) is -2.55. The normalized spacial score (nSPS) is 44.9. The summed E-state index contributed by atoms with van der Waals surface area (Å²) in [4.78, 5) is 14.6. The molecule has 0 aromatic carbocycles. The van der Waals surface area contributed by atoms with Gasteiger partial charge in [0.25, 0.3) is 0 Å². The molecule has 13 unspecified atom stereocenters. The third-order valence-electron chi connectivity index (χ3n) is 18.4. The first-order valence-electron chi connectivity index (χ1n) is 25.9. The van der Waals surface area contributed by atoms with E-state index in [1.807, 2.05) is 0 Å². The summed E-state index contributed by atoms with van der Waals surface area (Å²) in [6.07, 6.45) is 5.96. The molecule has 0 aromatic rings. The van der Waals surface area contributed by atoms with Gasteiger partial charge in [-0.25, -0.2) is 0 Å². The van der Waals surface area contributed by atoms with Crippen LogP contribution in [0.5, 0.6) is 0 Å². The molecule has 19 atom stereocenters.